The van der Waals surface area contributed by atoms with Gasteiger partial charge >= 0.3 is 0 Å². The molecule has 0 heterocycles. The summed E-state index contributed by atoms with van der Waals surface area (Å²) in [6.45, 7) is 0. The van der Waals surface area contributed by atoms with Crippen LogP contribution in [0.4, 0.5) is 0 Å². The fraction of sp³-hybridized carbons (Fsp3) is 0. The summed E-state index contributed by atoms with van der Waals surface area (Å²) < 4.78 is 3.32. The minimum absolute atomic E-state index is 0.606. The summed E-state index contributed by atoms with van der Waals surface area (Å²) in [7, 11) is 0. The van der Waals surface area contributed by atoms with E-state index in [1.807, 2.05) is 0 Å². The van der Waals surface area contributed by atoms with Crippen molar-refractivity contribution in [2.75, 3.05) is 0 Å². The SMILES string of the molecule is OOSS. The van der Waals surface area contributed by atoms with Gasteiger partial charge < -0.3 is 0 Å². The minimum Gasteiger partial charge on any atom is -0.239 e. The molecule has 4 heteroatoms. The van der Waals surface area contributed by atoms with E-state index in [2.05, 4.69) is 16.0 Å². The van der Waals surface area contributed by atoms with Crippen LogP contribution in [0.3, 0.4) is 0 Å². The lowest BCUT2D eigenvalue weighted by Gasteiger charge is -1.69. The lowest BCUT2D eigenvalue weighted by molar-refractivity contribution is -0.114. The molecule has 0 atom stereocenters. The molecule has 26 valence electrons. The van der Waals surface area contributed by atoms with Crippen molar-refractivity contribution in [3.63, 3.8) is 0 Å². The highest BCUT2D eigenvalue weighted by Crippen LogP contribution is 2.00. The third-order valence-electron chi connectivity index (χ3n) is 0.0333. The molecule has 0 spiro atoms. The van der Waals surface area contributed by atoms with Gasteiger partial charge in [-0.3, -0.25) is 0 Å². The Kier molecular flexibility index (Phi) is 4.18. The fourth-order valence-electron chi connectivity index (χ4n) is 0. The molecule has 0 bridgehead atoms. The third kappa shape index (κ3) is 2.62. The van der Waals surface area contributed by atoms with Crippen LogP contribution in [0.5, 0.6) is 0 Å². The molecular weight excluding hydrogens is 96.1 g/mol. The molecule has 0 saturated heterocycles. The van der Waals surface area contributed by atoms with E-state index >= 15 is 0 Å². The number of hydrogen-bond acceptors (Lipinski definition) is 4. The molecular formula is H2O2S2. The zero-order valence-electron chi connectivity index (χ0n) is 1.71. The summed E-state index contributed by atoms with van der Waals surface area (Å²) in [6.07, 6.45) is 0. The van der Waals surface area contributed by atoms with Crippen LogP contribution < -0.4 is 0 Å². The molecule has 1 N–H and O–H groups in total. The molecule has 0 aliphatic rings. The van der Waals surface area contributed by atoms with Crippen molar-refractivity contribution in [1.82, 2.24) is 0 Å². The van der Waals surface area contributed by atoms with Gasteiger partial charge in [-0.25, -0.2) is 5.26 Å². The van der Waals surface area contributed by atoms with E-state index < -0.39 is 0 Å². The highest BCUT2D eigenvalue weighted by Gasteiger charge is 1.57. The van der Waals surface area contributed by atoms with Gasteiger partial charge in [-0.2, -0.15) is 4.33 Å². The summed E-state index contributed by atoms with van der Waals surface area (Å²) >= 11 is 3.97. The molecule has 0 rings (SSSR count). The second-order valence-corrected chi connectivity index (χ2v) is 0.894. The largest absolute Gasteiger partial charge is 0.239 e. The van der Waals surface area contributed by atoms with Gasteiger partial charge in [0, 0.05) is 0 Å². The predicted octanol–water partition coefficient (Wildman–Crippen LogP) is 0.969. The van der Waals surface area contributed by atoms with E-state index in [-0.39, 0.29) is 0 Å². The quantitative estimate of drug-likeness (QED) is 0.168. The smallest absolute Gasteiger partial charge is 0.0981 e. The molecule has 0 radical (unpaired) electrons. The maximum Gasteiger partial charge on any atom is 0.0981 e. The maximum atomic E-state index is 7.26. The minimum atomic E-state index is 0.606. The predicted molar refractivity (Wildman–Crippen MR) is 20.3 cm³/mol. The molecule has 0 unspecified atom stereocenters. The van der Waals surface area contributed by atoms with Gasteiger partial charge in [0.2, 0.25) is 0 Å². The highest BCUT2D eigenvalue weighted by atomic mass is 33.1. The monoisotopic (exact) mass is 97.9 g/mol. The lowest BCUT2D eigenvalue weighted by Crippen LogP contribution is -1.49. The van der Waals surface area contributed by atoms with Crippen molar-refractivity contribution >= 4 is 22.7 Å². The normalized spacial score (nSPS) is 7.50. The number of thiol groups is 1. The van der Waals surface area contributed by atoms with Crippen LogP contribution in [0.1, 0.15) is 0 Å². The molecule has 0 amide bonds. The van der Waals surface area contributed by atoms with Crippen LogP contribution in [-0.2, 0) is 4.33 Å². The van der Waals surface area contributed by atoms with Gasteiger partial charge in [0.25, 0.3) is 0 Å². The van der Waals surface area contributed by atoms with Crippen LogP contribution >= 0.6 is 22.7 Å². The van der Waals surface area contributed by atoms with Crippen molar-refractivity contribution in [2.24, 2.45) is 0 Å². The van der Waals surface area contributed by atoms with Crippen molar-refractivity contribution in [3.8, 4) is 0 Å². The van der Waals surface area contributed by atoms with Crippen LogP contribution in [0, 0.1) is 0 Å². The first-order chi connectivity index (χ1) is 1.91. The number of rotatable bonds is 1. The zero-order valence-corrected chi connectivity index (χ0v) is 3.42. The van der Waals surface area contributed by atoms with Gasteiger partial charge in [0.05, 0.1) is 11.1 Å². The van der Waals surface area contributed by atoms with Gasteiger partial charge in [0.1, 0.15) is 0 Å². The van der Waals surface area contributed by atoms with Crippen molar-refractivity contribution in [1.29, 1.82) is 0 Å². The molecule has 0 aromatic rings. The van der Waals surface area contributed by atoms with E-state index in [0.29, 0.717) is 11.1 Å². The van der Waals surface area contributed by atoms with Gasteiger partial charge in [-0.15, -0.1) is 0 Å². The Morgan fingerprint density at radius 2 is 2.25 bits per heavy atom. The van der Waals surface area contributed by atoms with Gasteiger partial charge in [-0.05, 0) is 0 Å². The summed E-state index contributed by atoms with van der Waals surface area (Å²) in [5.41, 5.74) is 0. The summed E-state index contributed by atoms with van der Waals surface area (Å²) in [4.78, 5) is 0. The van der Waals surface area contributed by atoms with E-state index in [0.717, 1.165) is 0 Å². The van der Waals surface area contributed by atoms with E-state index in [4.69, 9.17) is 5.26 Å². The van der Waals surface area contributed by atoms with E-state index in [1.165, 1.54) is 0 Å². The Bertz CT molecular complexity index is 6.00. The molecule has 0 aliphatic heterocycles. The van der Waals surface area contributed by atoms with Crippen LogP contribution in [0.2, 0.25) is 0 Å². The Morgan fingerprint density at radius 1 is 2.00 bits per heavy atom. The van der Waals surface area contributed by atoms with E-state index in [9.17, 15) is 0 Å². The highest BCUT2D eigenvalue weighted by molar-refractivity contribution is 8.66. The number of hydrogen-bond donors (Lipinski definition) is 2. The summed E-state index contributed by atoms with van der Waals surface area (Å²) in [5.74, 6) is 0. The average molecular weight is 98.1 g/mol. The second-order valence-electron chi connectivity index (χ2n) is 0.149. The Balaban J connectivity index is 1.97. The standard InChI is InChI=1S/H2O2S2/c1-2-4-3/h1,3H. The van der Waals surface area contributed by atoms with Crippen molar-refractivity contribution in [2.45, 2.75) is 0 Å². The fourth-order valence-corrected chi connectivity index (χ4v) is 0. The topological polar surface area (TPSA) is 29.5 Å². The van der Waals surface area contributed by atoms with Crippen molar-refractivity contribution < 1.29 is 9.59 Å². The molecule has 0 aromatic carbocycles. The molecule has 4 heavy (non-hydrogen) atoms. The summed E-state index contributed by atoms with van der Waals surface area (Å²) in [5, 5.41) is 7.26. The maximum absolute atomic E-state index is 7.26. The third-order valence-corrected chi connectivity index (χ3v) is 0.300. The van der Waals surface area contributed by atoms with Gasteiger partial charge in [-0.1, -0.05) is 11.7 Å². The van der Waals surface area contributed by atoms with Crippen LogP contribution in [0.15, 0.2) is 0 Å². The van der Waals surface area contributed by atoms with Crippen LogP contribution in [-0.4, -0.2) is 5.26 Å². The molecule has 0 fully saturated rings. The molecule has 0 aromatic heterocycles. The van der Waals surface area contributed by atoms with Gasteiger partial charge in [0.15, 0.2) is 0 Å². The Morgan fingerprint density at radius 3 is 2.25 bits per heavy atom. The Labute approximate surface area is 33.1 Å². The molecule has 2 nitrogen and oxygen atoms in total. The first-order valence-electron chi connectivity index (χ1n) is 0.532. The van der Waals surface area contributed by atoms with E-state index in [1.54, 1.807) is 0 Å². The average Bonchev–Trinajstić information content (AvgIpc) is 1.37. The van der Waals surface area contributed by atoms with Crippen molar-refractivity contribution in [3.05, 3.63) is 0 Å². The van der Waals surface area contributed by atoms with Crippen LogP contribution in [0.25, 0.3) is 0 Å². The molecule has 0 aliphatic carbocycles. The first kappa shape index (κ1) is 4.62. The molecule has 0 saturated carbocycles. The summed E-state index contributed by atoms with van der Waals surface area (Å²) in [6, 6.07) is 0. The Hall–Kier alpha value is 0.620. The first-order valence-corrected chi connectivity index (χ1v) is 2.33. The zero-order chi connectivity index (χ0) is 3.41. The second kappa shape index (κ2) is 3.62. The lowest BCUT2D eigenvalue weighted by atomic mass is 15.0.